The Balaban J connectivity index is 1.54. The van der Waals surface area contributed by atoms with Crippen LogP contribution in [0.15, 0.2) is 18.3 Å². The molecular weight excluding hydrogens is 426 g/mol. The number of hydrogen-bond donors (Lipinski definition) is 2. The van der Waals surface area contributed by atoms with Gasteiger partial charge in [0.25, 0.3) is 5.91 Å². The Morgan fingerprint density at radius 1 is 1.10 bits per heavy atom. The molecule has 9 heteroatoms. The molecule has 1 aromatic carbocycles. The Bertz CT molecular complexity index is 872. The first-order chi connectivity index (χ1) is 13.8. The first-order valence-corrected chi connectivity index (χ1v) is 10.0. The zero-order valence-corrected chi connectivity index (χ0v) is 17.2. The molecule has 0 bridgehead atoms. The van der Waals surface area contributed by atoms with Crippen LogP contribution in [0.5, 0.6) is 0 Å². The van der Waals surface area contributed by atoms with Crippen LogP contribution >= 0.6 is 23.2 Å². The second-order valence-corrected chi connectivity index (χ2v) is 8.00. The number of hydrogen-bond acceptors (Lipinski definition) is 3. The topological polar surface area (TPSA) is 54.0 Å². The van der Waals surface area contributed by atoms with Crippen molar-refractivity contribution in [3.63, 3.8) is 0 Å². The van der Waals surface area contributed by atoms with Crippen LogP contribution in [-0.2, 0) is 0 Å². The normalized spacial score (nSPS) is 19.1. The minimum Gasteiger partial charge on any atom is -0.370 e. The van der Waals surface area contributed by atoms with Gasteiger partial charge in [-0.05, 0) is 50.7 Å². The molecule has 2 aromatic rings. The fraction of sp³-hybridized carbons (Fsp3) is 0.400. The summed E-state index contributed by atoms with van der Waals surface area (Å²) in [6.07, 6.45) is 4.64. The van der Waals surface area contributed by atoms with Crippen LogP contribution in [0.1, 0.15) is 41.6 Å². The van der Waals surface area contributed by atoms with Crippen molar-refractivity contribution in [2.75, 3.05) is 11.9 Å². The quantitative estimate of drug-likeness (QED) is 0.470. The van der Waals surface area contributed by atoms with Crippen LogP contribution in [0.25, 0.3) is 0 Å². The van der Waals surface area contributed by atoms with Gasteiger partial charge in [0.2, 0.25) is 0 Å². The molecule has 0 radical (unpaired) electrons. The number of nitrogens with one attached hydrogen (secondary N) is 2. The third kappa shape index (κ3) is 4.95. The molecule has 3 rings (SSSR count). The van der Waals surface area contributed by atoms with E-state index in [1.54, 1.807) is 18.3 Å². The Hall–Kier alpha value is -1.99. The smallest absolute Gasteiger partial charge is 0.256 e. The number of anilines is 1. The molecule has 1 amide bonds. The van der Waals surface area contributed by atoms with Gasteiger partial charge >= 0.3 is 0 Å². The highest BCUT2D eigenvalue weighted by atomic mass is 35.5. The lowest BCUT2D eigenvalue weighted by Crippen LogP contribution is -2.39. The first kappa shape index (κ1) is 21.7. The second kappa shape index (κ2) is 9.22. The van der Waals surface area contributed by atoms with E-state index in [-0.39, 0.29) is 6.04 Å². The van der Waals surface area contributed by atoms with Gasteiger partial charge in [-0.15, -0.1) is 0 Å². The van der Waals surface area contributed by atoms with E-state index in [0.29, 0.717) is 23.8 Å². The molecule has 1 saturated carbocycles. The molecule has 29 heavy (non-hydrogen) atoms. The predicted molar refractivity (Wildman–Crippen MR) is 107 cm³/mol. The highest BCUT2D eigenvalue weighted by molar-refractivity contribution is 6.34. The lowest BCUT2D eigenvalue weighted by Gasteiger charge is -2.29. The van der Waals surface area contributed by atoms with Crippen molar-refractivity contribution in [3.8, 4) is 0 Å². The Labute approximate surface area is 176 Å². The molecule has 1 fully saturated rings. The summed E-state index contributed by atoms with van der Waals surface area (Å²) in [4.78, 5) is 16.6. The van der Waals surface area contributed by atoms with Crippen molar-refractivity contribution < 1.29 is 18.0 Å². The van der Waals surface area contributed by atoms with Crippen molar-refractivity contribution in [2.24, 2.45) is 5.92 Å². The second-order valence-electron chi connectivity index (χ2n) is 7.19. The van der Waals surface area contributed by atoms with Crippen molar-refractivity contribution >= 4 is 34.9 Å². The molecule has 0 spiro atoms. The van der Waals surface area contributed by atoms with Gasteiger partial charge in [0, 0.05) is 24.3 Å². The van der Waals surface area contributed by atoms with Gasteiger partial charge in [0.05, 0.1) is 15.6 Å². The Morgan fingerprint density at radius 2 is 1.79 bits per heavy atom. The Kier molecular flexibility index (Phi) is 6.90. The van der Waals surface area contributed by atoms with E-state index in [2.05, 4.69) is 15.6 Å². The molecule has 1 aromatic heterocycles. The summed E-state index contributed by atoms with van der Waals surface area (Å²) in [5.41, 5.74) is -1.22. The van der Waals surface area contributed by atoms with Crippen LogP contribution in [0.3, 0.4) is 0 Å². The number of benzene rings is 1. The summed E-state index contributed by atoms with van der Waals surface area (Å²) in [5.74, 6) is -3.63. The number of pyridine rings is 1. The van der Waals surface area contributed by atoms with Gasteiger partial charge in [-0.25, -0.2) is 18.2 Å². The van der Waals surface area contributed by atoms with E-state index in [1.807, 2.05) is 0 Å². The van der Waals surface area contributed by atoms with Crippen LogP contribution in [0.2, 0.25) is 10.0 Å². The van der Waals surface area contributed by atoms with Gasteiger partial charge in [-0.3, -0.25) is 4.79 Å². The summed E-state index contributed by atoms with van der Waals surface area (Å²) in [5, 5.41) is 5.68. The monoisotopic (exact) mass is 445 g/mol. The minimum atomic E-state index is -1.42. The zero-order valence-electron chi connectivity index (χ0n) is 15.7. The van der Waals surface area contributed by atoms with Crippen molar-refractivity contribution in [2.45, 2.75) is 38.6 Å². The number of rotatable bonds is 5. The summed E-state index contributed by atoms with van der Waals surface area (Å²) >= 11 is 11.5. The van der Waals surface area contributed by atoms with Crippen molar-refractivity contribution in [1.82, 2.24) is 10.3 Å². The largest absolute Gasteiger partial charge is 0.370 e. The minimum absolute atomic E-state index is 0.184. The maximum Gasteiger partial charge on any atom is 0.256 e. The van der Waals surface area contributed by atoms with Crippen molar-refractivity contribution in [3.05, 3.63) is 57.0 Å². The fourth-order valence-electron chi connectivity index (χ4n) is 3.45. The average molecular weight is 446 g/mol. The number of nitrogens with zero attached hydrogens (tertiary/aromatic N) is 1. The SMILES string of the molecule is Cc1c(F)c(F)c(Cl)c(C(=O)NC2CCC(CNc3ccc(Cl)cn3)CC2)c1F. The predicted octanol–water partition coefficient (Wildman–Crippen LogP) is 5.51. The number of aromatic nitrogens is 1. The van der Waals surface area contributed by atoms with Gasteiger partial charge in [-0.1, -0.05) is 23.2 Å². The molecule has 1 heterocycles. The van der Waals surface area contributed by atoms with Gasteiger partial charge < -0.3 is 10.6 Å². The standard InChI is InChI=1S/C20H20Cl2F3N3O/c1-10-17(23)15(16(22)19(25)18(10)24)20(29)28-13-5-2-11(3-6-13)8-26-14-7-4-12(21)9-27-14/h4,7,9,11,13H,2-3,5-6,8H2,1H3,(H,26,27)(H,28,29). The zero-order chi connectivity index (χ0) is 21.1. The average Bonchev–Trinajstić information content (AvgIpc) is 2.71. The van der Waals surface area contributed by atoms with E-state index < -0.39 is 39.5 Å². The number of amides is 1. The van der Waals surface area contributed by atoms with E-state index in [0.717, 1.165) is 32.1 Å². The highest BCUT2D eigenvalue weighted by Crippen LogP contribution is 2.30. The van der Waals surface area contributed by atoms with E-state index >= 15 is 0 Å². The molecule has 4 nitrogen and oxygen atoms in total. The third-order valence-electron chi connectivity index (χ3n) is 5.19. The van der Waals surface area contributed by atoms with Crippen LogP contribution in [0.4, 0.5) is 19.0 Å². The maximum atomic E-state index is 14.3. The number of carbonyl (C=O) groups excluding carboxylic acids is 1. The van der Waals surface area contributed by atoms with E-state index in [4.69, 9.17) is 23.2 Å². The van der Waals surface area contributed by atoms with Gasteiger partial charge in [-0.2, -0.15) is 0 Å². The lowest BCUT2D eigenvalue weighted by molar-refractivity contribution is 0.0918. The summed E-state index contributed by atoms with van der Waals surface area (Å²) in [7, 11) is 0. The molecule has 156 valence electrons. The van der Waals surface area contributed by atoms with Crippen LogP contribution in [0, 0.1) is 30.3 Å². The molecular formula is C20H20Cl2F3N3O. The molecule has 2 N–H and O–H groups in total. The molecule has 1 aliphatic rings. The number of carbonyl (C=O) groups is 1. The van der Waals surface area contributed by atoms with Crippen LogP contribution in [-0.4, -0.2) is 23.5 Å². The van der Waals surface area contributed by atoms with Gasteiger partial charge in [0.15, 0.2) is 11.6 Å². The fourth-order valence-corrected chi connectivity index (χ4v) is 3.81. The van der Waals surface area contributed by atoms with E-state index in [9.17, 15) is 18.0 Å². The summed E-state index contributed by atoms with van der Waals surface area (Å²) in [6, 6.07) is 3.38. The highest BCUT2D eigenvalue weighted by Gasteiger charge is 2.29. The van der Waals surface area contributed by atoms with E-state index in [1.165, 1.54) is 0 Å². The summed E-state index contributed by atoms with van der Waals surface area (Å²) < 4.78 is 41.6. The maximum absolute atomic E-state index is 14.3. The lowest BCUT2D eigenvalue weighted by atomic mass is 9.86. The first-order valence-electron chi connectivity index (χ1n) is 9.26. The molecule has 0 aliphatic heterocycles. The summed E-state index contributed by atoms with van der Waals surface area (Å²) in [6.45, 7) is 1.80. The third-order valence-corrected chi connectivity index (χ3v) is 5.77. The Morgan fingerprint density at radius 3 is 2.41 bits per heavy atom. The molecule has 0 saturated heterocycles. The molecule has 0 unspecified atom stereocenters. The molecule has 0 atom stereocenters. The van der Waals surface area contributed by atoms with Crippen LogP contribution < -0.4 is 10.6 Å². The van der Waals surface area contributed by atoms with Gasteiger partial charge in [0.1, 0.15) is 11.6 Å². The molecule has 1 aliphatic carbocycles. The van der Waals surface area contributed by atoms with Crippen molar-refractivity contribution in [1.29, 1.82) is 0 Å². The number of halogens is 5.